The summed E-state index contributed by atoms with van der Waals surface area (Å²) in [4.78, 5) is 44.9. The number of nitrogens with zero attached hydrogens (tertiary/aromatic N) is 2. The average molecular weight is 598 g/mol. The molecule has 1 aromatic carbocycles. The van der Waals surface area contributed by atoms with Gasteiger partial charge in [-0.25, -0.2) is 4.98 Å². The number of β-amino-alcohol motifs (C(OH)–C–C–N with tert-alkyl or cyclic N) is 1. The Hall–Kier alpha value is -3.01. The van der Waals surface area contributed by atoms with Crippen LogP contribution in [0.4, 0.5) is 0 Å². The number of benzene rings is 1. The molecule has 4 rings (SSSR count). The van der Waals surface area contributed by atoms with E-state index in [1.54, 1.807) is 0 Å². The van der Waals surface area contributed by atoms with Crippen molar-refractivity contribution in [3.63, 3.8) is 0 Å². The maximum absolute atomic E-state index is 13.4. The number of piperidine rings is 1. The number of fused-ring (bicyclic) bond motifs is 1. The minimum Gasteiger partial charge on any atom is -0.390 e. The Morgan fingerprint density at radius 3 is 2.45 bits per heavy atom. The number of amides is 3. The standard InChI is InChI=1S/C32H44ClN5O4/c1-32(2,3)37-31(42)26-16-22-11-7-8-12-24(22)19-38(26)20-27(39)25(15-21-9-5-4-6-10-21)36-29(40)18-35-30(41)23-13-14-28(33)34-17-23/h4-6,9-10,13-14,17,22,24-27,39H,7-8,11-12,15-16,18-20H2,1-3H3,(H,35,41)(H,36,40)(H,37,42). The predicted molar refractivity (Wildman–Crippen MR) is 163 cm³/mol. The summed E-state index contributed by atoms with van der Waals surface area (Å²) in [6.07, 6.45) is 6.27. The van der Waals surface area contributed by atoms with E-state index in [-0.39, 0.29) is 35.7 Å². The van der Waals surface area contributed by atoms with E-state index in [1.165, 1.54) is 31.2 Å². The highest BCUT2D eigenvalue weighted by atomic mass is 35.5. The van der Waals surface area contributed by atoms with E-state index < -0.39 is 24.0 Å². The lowest BCUT2D eigenvalue weighted by molar-refractivity contribution is -0.133. The van der Waals surface area contributed by atoms with E-state index in [0.29, 0.717) is 23.8 Å². The molecule has 2 fully saturated rings. The minimum atomic E-state index is -0.935. The maximum Gasteiger partial charge on any atom is 0.253 e. The fraction of sp³-hybridized carbons (Fsp3) is 0.562. The maximum atomic E-state index is 13.4. The van der Waals surface area contributed by atoms with Crippen LogP contribution in [0.3, 0.4) is 0 Å². The third-order valence-corrected chi connectivity index (χ3v) is 8.46. The molecule has 10 heteroatoms. The van der Waals surface area contributed by atoms with Crippen LogP contribution < -0.4 is 16.0 Å². The zero-order valence-corrected chi connectivity index (χ0v) is 25.6. The Kier molecular flexibility index (Phi) is 11.0. The number of pyridine rings is 1. The molecule has 0 spiro atoms. The smallest absolute Gasteiger partial charge is 0.253 e. The van der Waals surface area contributed by atoms with Crippen molar-refractivity contribution in [1.82, 2.24) is 25.8 Å². The second-order valence-corrected chi connectivity index (χ2v) is 13.1. The van der Waals surface area contributed by atoms with Gasteiger partial charge in [-0.15, -0.1) is 0 Å². The zero-order chi connectivity index (χ0) is 30.3. The molecule has 9 nitrogen and oxygen atoms in total. The highest BCUT2D eigenvalue weighted by Crippen LogP contribution is 2.39. The van der Waals surface area contributed by atoms with Crippen LogP contribution in [0.25, 0.3) is 0 Å². The summed E-state index contributed by atoms with van der Waals surface area (Å²) in [6.45, 7) is 6.68. The second-order valence-electron chi connectivity index (χ2n) is 12.7. The van der Waals surface area contributed by atoms with Gasteiger partial charge in [0.05, 0.1) is 30.3 Å². The van der Waals surface area contributed by atoms with Crippen molar-refractivity contribution in [3.8, 4) is 0 Å². The van der Waals surface area contributed by atoms with Gasteiger partial charge in [-0.2, -0.15) is 0 Å². The number of halogens is 1. The van der Waals surface area contributed by atoms with Crippen molar-refractivity contribution in [1.29, 1.82) is 0 Å². The Labute approximate surface area is 253 Å². The monoisotopic (exact) mass is 597 g/mol. The van der Waals surface area contributed by atoms with Crippen LogP contribution in [0.2, 0.25) is 5.15 Å². The van der Waals surface area contributed by atoms with Crippen molar-refractivity contribution in [2.45, 2.75) is 83.0 Å². The Morgan fingerprint density at radius 2 is 1.79 bits per heavy atom. The number of aliphatic hydroxyl groups is 1. The average Bonchev–Trinajstić information content (AvgIpc) is 2.95. The predicted octanol–water partition coefficient (Wildman–Crippen LogP) is 3.35. The number of carbonyl (C=O) groups is 3. The van der Waals surface area contributed by atoms with Gasteiger partial charge in [0.25, 0.3) is 5.91 Å². The summed E-state index contributed by atoms with van der Waals surface area (Å²) in [6, 6.07) is 11.7. The number of hydrogen-bond donors (Lipinski definition) is 4. The lowest BCUT2D eigenvalue weighted by atomic mass is 9.72. The minimum absolute atomic E-state index is 0.0122. The van der Waals surface area contributed by atoms with E-state index >= 15 is 0 Å². The van der Waals surface area contributed by atoms with Crippen molar-refractivity contribution in [2.75, 3.05) is 19.6 Å². The number of rotatable bonds is 10. The van der Waals surface area contributed by atoms with Gasteiger partial charge in [-0.1, -0.05) is 61.2 Å². The number of likely N-dealkylation sites (tertiary alicyclic amines) is 1. The van der Waals surface area contributed by atoms with Gasteiger partial charge in [-0.3, -0.25) is 19.3 Å². The first kappa shape index (κ1) is 31.9. The zero-order valence-electron chi connectivity index (χ0n) is 24.8. The molecule has 42 heavy (non-hydrogen) atoms. The summed E-state index contributed by atoms with van der Waals surface area (Å²) in [5, 5.41) is 20.6. The van der Waals surface area contributed by atoms with Crippen LogP contribution in [0.15, 0.2) is 48.7 Å². The normalized spacial score (nSPS) is 22.4. The van der Waals surface area contributed by atoms with Gasteiger partial charge in [0.1, 0.15) is 5.15 Å². The van der Waals surface area contributed by atoms with Crippen LogP contribution in [0.1, 0.15) is 68.8 Å². The number of hydrogen-bond acceptors (Lipinski definition) is 6. The van der Waals surface area contributed by atoms with Gasteiger partial charge in [0.15, 0.2) is 0 Å². The van der Waals surface area contributed by atoms with Gasteiger partial charge >= 0.3 is 0 Å². The number of aliphatic hydroxyl groups excluding tert-OH is 1. The van der Waals surface area contributed by atoms with Crippen molar-refractivity contribution < 1.29 is 19.5 Å². The summed E-state index contributed by atoms with van der Waals surface area (Å²) in [7, 11) is 0. The summed E-state index contributed by atoms with van der Waals surface area (Å²) in [5.41, 5.74) is 0.895. The van der Waals surface area contributed by atoms with E-state index in [1.807, 2.05) is 51.1 Å². The van der Waals surface area contributed by atoms with Crippen LogP contribution >= 0.6 is 11.6 Å². The summed E-state index contributed by atoms with van der Waals surface area (Å²) in [5.74, 6) is 0.143. The molecule has 2 aromatic rings. The molecule has 1 saturated carbocycles. The number of carbonyl (C=O) groups excluding carboxylic acids is 3. The lowest BCUT2D eigenvalue weighted by Crippen LogP contribution is -2.60. The molecule has 2 aliphatic rings. The third kappa shape index (κ3) is 9.24. The highest BCUT2D eigenvalue weighted by Gasteiger charge is 2.41. The van der Waals surface area contributed by atoms with Gasteiger partial charge < -0.3 is 21.1 Å². The molecular weight excluding hydrogens is 554 g/mol. The van der Waals surface area contributed by atoms with Crippen molar-refractivity contribution in [2.24, 2.45) is 11.8 Å². The molecule has 4 N–H and O–H groups in total. The van der Waals surface area contributed by atoms with E-state index in [9.17, 15) is 19.5 Å². The van der Waals surface area contributed by atoms with E-state index in [4.69, 9.17) is 11.6 Å². The first-order valence-electron chi connectivity index (χ1n) is 15.0. The van der Waals surface area contributed by atoms with Crippen LogP contribution in [0, 0.1) is 11.8 Å². The lowest BCUT2D eigenvalue weighted by Gasteiger charge is -2.47. The second kappa shape index (κ2) is 14.4. The molecule has 5 atom stereocenters. The van der Waals surface area contributed by atoms with Crippen LogP contribution in [0.5, 0.6) is 0 Å². The Morgan fingerprint density at radius 1 is 1.07 bits per heavy atom. The molecule has 1 saturated heterocycles. The third-order valence-electron chi connectivity index (χ3n) is 8.23. The molecule has 0 radical (unpaired) electrons. The van der Waals surface area contributed by atoms with Crippen LogP contribution in [-0.4, -0.2) is 76.1 Å². The van der Waals surface area contributed by atoms with E-state index in [2.05, 4.69) is 25.8 Å². The molecule has 1 aliphatic carbocycles. The molecule has 228 valence electrons. The molecule has 1 aromatic heterocycles. The van der Waals surface area contributed by atoms with Gasteiger partial charge in [-0.05, 0) is 69.6 Å². The molecular formula is C32H44ClN5O4. The topological polar surface area (TPSA) is 124 Å². The molecule has 5 unspecified atom stereocenters. The molecule has 1 aliphatic heterocycles. The molecule has 3 amide bonds. The van der Waals surface area contributed by atoms with Crippen LogP contribution in [-0.2, 0) is 16.0 Å². The summed E-state index contributed by atoms with van der Waals surface area (Å²) < 4.78 is 0. The quantitative estimate of drug-likeness (QED) is 0.312. The number of nitrogens with one attached hydrogen (secondary N) is 3. The van der Waals surface area contributed by atoms with Gasteiger partial charge in [0, 0.05) is 24.8 Å². The van der Waals surface area contributed by atoms with E-state index in [0.717, 1.165) is 31.4 Å². The Bertz CT molecular complexity index is 1200. The largest absolute Gasteiger partial charge is 0.390 e. The Balaban J connectivity index is 1.45. The highest BCUT2D eigenvalue weighted by molar-refractivity contribution is 6.29. The molecule has 0 bridgehead atoms. The van der Waals surface area contributed by atoms with Crippen molar-refractivity contribution in [3.05, 3.63) is 64.9 Å². The summed E-state index contributed by atoms with van der Waals surface area (Å²) >= 11 is 5.80. The fourth-order valence-corrected chi connectivity index (χ4v) is 6.29. The van der Waals surface area contributed by atoms with Gasteiger partial charge in [0.2, 0.25) is 11.8 Å². The first-order chi connectivity index (χ1) is 20.0. The fourth-order valence-electron chi connectivity index (χ4n) is 6.18. The first-order valence-corrected chi connectivity index (χ1v) is 15.3. The number of aromatic nitrogens is 1. The van der Waals surface area contributed by atoms with Crippen molar-refractivity contribution >= 4 is 29.3 Å². The molecule has 2 heterocycles. The SMILES string of the molecule is CC(C)(C)NC(=O)C1CC2CCCCC2CN1CC(O)C(Cc1ccccc1)NC(=O)CNC(=O)c1ccc(Cl)nc1.